The third-order valence-corrected chi connectivity index (χ3v) is 4.09. The van der Waals surface area contributed by atoms with Crippen molar-refractivity contribution < 1.29 is 9.53 Å². The Morgan fingerprint density at radius 1 is 1.00 bits per heavy atom. The molecule has 0 saturated carbocycles. The largest absolute Gasteiger partial charge is 0.471 e. The van der Waals surface area contributed by atoms with Gasteiger partial charge in [-0.2, -0.15) is 4.98 Å². The summed E-state index contributed by atoms with van der Waals surface area (Å²) in [6, 6.07) is 17.5. The summed E-state index contributed by atoms with van der Waals surface area (Å²) < 4.78 is 7.77. The van der Waals surface area contributed by atoms with Crippen LogP contribution in [0, 0.1) is 0 Å². The number of ether oxygens (including phenoxy) is 1. The van der Waals surface area contributed by atoms with Crippen LogP contribution in [0.1, 0.15) is 11.1 Å². The van der Waals surface area contributed by atoms with Crippen LogP contribution in [0.15, 0.2) is 67.3 Å². The molecule has 0 atom stereocenters. The average molecular weight is 359 g/mol. The molecule has 0 bridgehead atoms. The number of fused-ring (bicyclic) bond motifs is 1. The number of aromatic nitrogens is 4. The second-order valence-corrected chi connectivity index (χ2v) is 5.96. The first-order valence-corrected chi connectivity index (χ1v) is 8.45. The molecule has 134 valence electrons. The molecule has 2 aromatic carbocycles. The summed E-state index contributed by atoms with van der Waals surface area (Å²) in [5, 5.41) is 2.66. The molecule has 27 heavy (non-hydrogen) atoms. The summed E-state index contributed by atoms with van der Waals surface area (Å²) in [6.07, 6.45) is 3.86. The number of carbonyl (C=O) groups is 1. The van der Waals surface area contributed by atoms with E-state index in [0.29, 0.717) is 36.6 Å². The summed E-state index contributed by atoms with van der Waals surface area (Å²) >= 11 is 0. The monoisotopic (exact) mass is 359 g/mol. The Bertz CT molecular complexity index is 1060. The minimum absolute atomic E-state index is 0.416. The van der Waals surface area contributed by atoms with Crippen LogP contribution in [0.2, 0.25) is 0 Å². The normalized spacial score (nSPS) is 10.7. The molecular formula is C20H17N5O2. The van der Waals surface area contributed by atoms with E-state index in [1.165, 1.54) is 6.33 Å². The van der Waals surface area contributed by atoms with Crippen molar-refractivity contribution in [2.45, 2.75) is 13.2 Å². The maximum atomic E-state index is 10.6. The zero-order valence-corrected chi connectivity index (χ0v) is 14.4. The molecule has 0 aliphatic heterocycles. The standard InChI is InChI=1S/C20H17N5O2/c26-14-24-17-8-4-7-16(9-17)10-25-13-23-18-19(25)21-12-22-20(18)27-11-15-5-2-1-3-6-15/h1-9,12-14H,10-11H2,(H,24,26). The Morgan fingerprint density at radius 2 is 1.85 bits per heavy atom. The van der Waals surface area contributed by atoms with Crippen LogP contribution in [0.25, 0.3) is 11.2 Å². The molecule has 4 rings (SSSR count). The summed E-state index contributed by atoms with van der Waals surface area (Å²) in [4.78, 5) is 23.6. The van der Waals surface area contributed by atoms with Crippen LogP contribution in [-0.4, -0.2) is 25.9 Å². The Balaban J connectivity index is 1.57. The van der Waals surface area contributed by atoms with Crippen molar-refractivity contribution in [3.8, 4) is 5.88 Å². The zero-order chi connectivity index (χ0) is 18.5. The van der Waals surface area contributed by atoms with Gasteiger partial charge in [0.15, 0.2) is 11.2 Å². The van der Waals surface area contributed by atoms with Gasteiger partial charge in [0.25, 0.3) is 0 Å². The highest BCUT2D eigenvalue weighted by Gasteiger charge is 2.12. The molecule has 0 aliphatic rings. The summed E-state index contributed by atoms with van der Waals surface area (Å²) in [7, 11) is 0. The molecule has 2 heterocycles. The molecule has 1 amide bonds. The van der Waals surface area contributed by atoms with Gasteiger partial charge in [0.1, 0.15) is 12.9 Å². The van der Waals surface area contributed by atoms with Crippen LogP contribution in [0.5, 0.6) is 5.88 Å². The van der Waals surface area contributed by atoms with Crippen molar-refractivity contribution >= 4 is 23.3 Å². The second-order valence-electron chi connectivity index (χ2n) is 5.96. The van der Waals surface area contributed by atoms with Gasteiger partial charge < -0.3 is 14.6 Å². The average Bonchev–Trinajstić information content (AvgIpc) is 3.11. The fourth-order valence-corrected chi connectivity index (χ4v) is 2.83. The van der Waals surface area contributed by atoms with Crippen molar-refractivity contribution in [3.05, 3.63) is 78.4 Å². The number of anilines is 1. The molecule has 0 spiro atoms. The van der Waals surface area contributed by atoms with Gasteiger partial charge in [-0.1, -0.05) is 42.5 Å². The molecule has 0 radical (unpaired) electrons. The van der Waals surface area contributed by atoms with E-state index in [0.717, 1.165) is 16.8 Å². The van der Waals surface area contributed by atoms with Crippen LogP contribution in [0.4, 0.5) is 5.69 Å². The summed E-state index contributed by atoms with van der Waals surface area (Å²) in [6.45, 7) is 0.985. The number of amides is 1. The number of hydrogen-bond acceptors (Lipinski definition) is 5. The van der Waals surface area contributed by atoms with Gasteiger partial charge in [-0.15, -0.1) is 0 Å². The van der Waals surface area contributed by atoms with Gasteiger partial charge in [0, 0.05) is 5.69 Å². The SMILES string of the molecule is O=CNc1cccc(Cn2cnc3c(OCc4ccccc4)ncnc32)c1. The van der Waals surface area contributed by atoms with Crippen LogP contribution < -0.4 is 10.1 Å². The van der Waals surface area contributed by atoms with Gasteiger partial charge in [-0.3, -0.25) is 4.79 Å². The lowest BCUT2D eigenvalue weighted by Crippen LogP contribution is -2.02. The highest BCUT2D eigenvalue weighted by atomic mass is 16.5. The van der Waals surface area contributed by atoms with Gasteiger partial charge >= 0.3 is 0 Å². The molecule has 7 nitrogen and oxygen atoms in total. The predicted octanol–water partition coefficient (Wildman–Crippen LogP) is 3.02. The van der Waals surface area contributed by atoms with E-state index < -0.39 is 0 Å². The third-order valence-electron chi connectivity index (χ3n) is 4.09. The van der Waals surface area contributed by atoms with Gasteiger partial charge in [0.2, 0.25) is 12.3 Å². The molecule has 0 fully saturated rings. The van der Waals surface area contributed by atoms with Crippen molar-refractivity contribution in [1.82, 2.24) is 19.5 Å². The van der Waals surface area contributed by atoms with E-state index in [-0.39, 0.29) is 0 Å². The third kappa shape index (κ3) is 3.77. The second kappa shape index (κ2) is 7.65. The summed E-state index contributed by atoms with van der Waals surface area (Å²) in [5.41, 5.74) is 4.14. The Labute approximate surface area is 155 Å². The number of carbonyl (C=O) groups excluding carboxylic acids is 1. The van der Waals surface area contributed by atoms with Gasteiger partial charge in [-0.05, 0) is 23.3 Å². The molecule has 0 aliphatic carbocycles. The topological polar surface area (TPSA) is 81.9 Å². The van der Waals surface area contributed by atoms with E-state index >= 15 is 0 Å². The summed E-state index contributed by atoms with van der Waals surface area (Å²) in [5.74, 6) is 0.457. The van der Waals surface area contributed by atoms with Crippen molar-refractivity contribution in [3.63, 3.8) is 0 Å². The molecule has 4 aromatic rings. The lowest BCUT2D eigenvalue weighted by molar-refractivity contribution is -0.105. The van der Waals surface area contributed by atoms with Gasteiger partial charge in [-0.25, -0.2) is 9.97 Å². The first-order chi connectivity index (χ1) is 13.3. The number of rotatable bonds is 7. The molecule has 2 aromatic heterocycles. The number of nitrogens with zero attached hydrogens (tertiary/aromatic N) is 4. The maximum absolute atomic E-state index is 10.6. The Kier molecular flexibility index (Phi) is 4.74. The number of nitrogens with one attached hydrogen (secondary N) is 1. The number of benzene rings is 2. The van der Waals surface area contributed by atoms with Crippen molar-refractivity contribution in [2.75, 3.05) is 5.32 Å². The van der Waals surface area contributed by atoms with E-state index in [4.69, 9.17) is 4.74 Å². The molecule has 0 unspecified atom stereocenters. The molecule has 7 heteroatoms. The van der Waals surface area contributed by atoms with Crippen LogP contribution in [0.3, 0.4) is 0 Å². The predicted molar refractivity (Wildman–Crippen MR) is 101 cm³/mol. The Morgan fingerprint density at radius 3 is 2.70 bits per heavy atom. The van der Waals surface area contributed by atoms with Crippen molar-refractivity contribution in [1.29, 1.82) is 0 Å². The number of imidazole rings is 1. The quantitative estimate of drug-likeness (QED) is 0.513. The van der Waals surface area contributed by atoms with Gasteiger partial charge in [0.05, 0.1) is 12.9 Å². The Hall–Kier alpha value is -3.74. The van der Waals surface area contributed by atoms with Crippen LogP contribution >= 0.6 is 0 Å². The fourth-order valence-electron chi connectivity index (χ4n) is 2.83. The molecular weight excluding hydrogens is 342 g/mol. The first-order valence-electron chi connectivity index (χ1n) is 8.45. The maximum Gasteiger partial charge on any atom is 0.245 e. The number of hydrogen-bond donors (Lipinski definition) is 1. The van der Waals surface area contributed by atoms with Crippen molar-refractivity contribution in [2.24, 2.45) is 0 Å². The lowest BCUT2D eigenvalue weighted by atomic mass is 10.2. The van der Waals surface area contributed by atoms with E-state index in [1.807, 2.05) is 59.2 Å². The highest BCUT2D eigenvalue weighted by molar-refractivity contribution is 5.76. The van der Waals surface area contributed by atoms with E-state index in [1.54, 1.807) is 6.33 Å². The lowest BCUT2D eigenvalue weighted by Gasteiger charge is -2.07. The first kappa shape index (κ1) is 16.7. The molecule has 0 saturated heterocycles. The molecule has 1 N–H and O–H groups in total. The van der Waals surface area contributed by atoms with Crippen LogP contribution in [-0.2, 0) is 17.9 Å². The minimum Gasteiger partial charge on any atom is -0.471 e. The highest BCUT2D eigenvalue weighted by Crippen LogP contribution is 2.22. The minimum atomic E-state index is 0.416. The smallest absolute Gasteiger partial charge is 0.245 e. The zero-order valence-electron chi connectivity index (χ0n) is 14.4. The van der Waals surface area contributed by atoms with E-state index in [9.17, 15) is 4.79 Å². The van der Waals surface area contributed by atoms with E-state index in [2.05, 4.69) is 20.3 Å². The fraction of sp³-hybridized carbons (Fsp3) is 0.100.